The van der Waals surface area contributed by atoms with Crippen LogP contribution in [0.1, 0.15) is 29.6 Å². The summed E-state index contributed by atoms with van der Waals surface area (Å²) in [5, 5.41) is 2.89. The number of carbonyl (C=O) groups is 3. The average Bonchev–Trinajstić information content (AvgIpc) is 3.47. The number of rotatable bonds is 4. The van der Waals surface area contributed by atoms with Gasteiger partial charge in [-0.1, -0.05) is 31.9 Å². The standard InChI is InChI=1S/C21H22Br2N2O4/c22-17-13-8-14(18(17)23)16-15(13)20(27)25(21(16)28)11-5-3-10(4-6-11)19(26)24-9-12-2-1-7-29-12/h3-6,12-18H,1-2,7-9H2,(H,24,26)/t12-,13-,14-,15-,16-,17-,18+/m0/s1. The Morgan fingerprint density at radius 2 is 1.69 bits per heavy atom. The van der Waals surface area contributed by atoms with Crippen molar-refractivity contribution in [2.45, 2.75) is 35.0 Å². The molecule has 0 spiro atoms. The summed E-state index contributed by atoms with van der Waals surface area (Å²) in [6.07, 6.45) is 3.00. The molecule has 6 nitrogen and oxygen atoms in total. The van der Waals surface area contributed by atoms with Gasteiger partial charge in [0.25, 0.3) is 5.91 Å². The summed E-state index contributed by atoms with van der Waals surface area (Å²) in [4.78, 5) is 40.3. The predicted octanol–water partition coefficient (Wildman–Crippen LogP) is 2.88. The average molecular weight is 526 g/mol. The number of nitrogens with zero attached hydrogens (tertiary/aromatic N) is 1. The molecule has 2 aliphatic carbocycles. The molecule has 4 aliphatic rings. The first kappa shape index (κ1) is 19.7. The van der Waals surface area contributed by atoms with Crippen molar-refractivity contribution >= 4 is 55.3 Å². The fourth-order valence-corrected chi connectivity index (χ4v) is 7.35. The lowest BCUT2D eigenvalue weighted by atomic mass is 9.81. The Balaban J connectivity index is 1.30. The number of benzene rings is 1. The molecular formula is C21H22Br2N2O4. The Bertz CT molecular complexity index is 823. The van der Waals surface area contributed by atoms with E-state index in [2.05, 4.69) is 37.2 Å². The molecule has 0 radical (unpaired) electrons. The Kier molecular flexibility index (Phi) is 5.07. The van der Waals surface area contributed by atoms with E-state index in [0.717, 1.165) is 25.9 Å². The molecule has 5 rings (SSSR count). The third-order valence-corrected chi connectivity index (χ3v) is 10.1. The van der Waals surface area contributed by atoms with Gasteiger partial charge in [0.15, 0.2) is 0 Å². The normalized spacial score (nSPS) is 38.0. The SMILES string of the molecule is O=C(NC[C@@H]1CCCO1)c1ccc(N2C(=O)[C@H]3[C@@H]4C[C@H]([C@@H](Br)[C@H]4Br)[C@@H]3C2=O)cc1. The van der Waals surface area contributed by atoms with Crippen LogP contribution in [-0.2, 0) is 14.3 Å². The number of alkyl halides is 2. The highest BCUT2D eigenvalue weighted by Gasteiger charge is 2.66. The first-order valence-electron chi connectivity index (χ1n) is 10.1. The Morgan fingerprint density at radius 3 is 2.24 bits per heavy atom. The second kappa shape index (κ2) is 7.46. The maximum atomic E-state index is 13.1. The van der Waals surface area contributed by atoms with E-state index >= 15 is 0 Å². The van der Waals surface area contributed by atoms with Gasteiger partial charge in [-0.25, -0.2) is 0 Å². The Morgan fingerprint density at radius 1 is 1.07 bits per heavy atom. The van der Waals surface area contributed by atoms with Crippen LogP contribution in [0.4, 0.5) is 5.69 Å². The molecule has 2 saturated carbocycles. The maximum absolute atomic E-state index is 13.1. The van der Waals surface area contributed by atoms with E-state index in [1.165, 1.54) is 4.90 Å². The van der Waals surface area contributed by atoms with E-state index in [0.29, 0.717) is 17.8 Å². The Labute approximate surface area is 186 Å². The highest BCUT2D eigenvalue weighted by molar-refractivity contribution is 9.12. The van der Waals surface area contributed by atoms with E-state index in [4.69, 9.17) is 4.74 Å². The van der Waals surface area contributed by atoms with Crippen molar-refractivity contribution < 1.29 is 19.1 Å². The van der Waals surface area contributed by atoms with Gasteiger partial charge in [-0.3, -0.25) is 19.3 Å². The van der Waals surface area contributed by atoms with Crippen molar-refractivity contribution in [1.29, 1.82) is 0 Å². The molecule has 2 saturated heterocycles. The van der Waals surface area contributed by atoms with Crippen molar-refractivity contribution in [3.63, 3.8) is 0 Å². The van der Waals surface area contributed by atoms with Crippen molar-refractivity contribution in [2.24, 2.45) is 23.7 Å². The zero-order valence-corrected chi connectivity index (χ0v) is 18.9. The lowest BCUT2D eigenvalue weighted by Crippen LogP contribution is -2.37. The molecule has 8 heteroatoms. The van der Waals surface area contributed by atoms with E-state index in [-0.39, 0.29) is 57.2 Å². The van der Waals surface area contributed by atoms with Crippen LogP contribution in [0.3, 0.4) is 0 Å². The zero-order valence-electron chi connectivity index (χ0n) is 15.7. The first-order chi connectivity index (χ1) is 14.0. The molecule has 2 heterocycles. The number of carbonyl (C=O) groups excluding carboxylic acids is 3. The summed E-state index contributed by atoms with van der Waals surface area (Å²) in [5.74, 6) is -0.471. The monoisotopic (exact) mass is 524 g/mol. The molecule has 1 aromatic rings. The zero-order chi connectivity index (χ0) is 20.3. The van der Waals surface area contributed by atoms with Gasteiger partial charge in [-0.05, 0) is 55.4 Å². The van der Waals surface area contributed by atoms with E-state index in [9.17, 15) is 14.4 Å². The smallest absolute Gasteiger partial charge is 0.251 e. The quantitative estimate of drug-likeness (QED) is 0.484. The van der Waals surface area contributed by atoms with Crippen LogP contribution in [0.2, 0.25) is 0 Å². The summed E-state index contributed by atoms with van der Waals surface area (Å²) >= 11 is 7.41. The minimum Gasteiger partial charge on any atom is -0.376 e. The molecule has 0 aromatic heterocycles. The number of halogens is 2. The van der Waals surface area contributed by atoms with Crippen molar-refractivity contribution in [3.8, 4) is 0 Å². The largest absolute Gasteiger partial charge is 0.376 e. The summed E-state index contributed by atoms with van der Waals surface area (Å²) < 4.78 is 5.52. The van der Waals surface area contributed by atoms with Crippen LogP contribution in [0, 0.1) is 23.7 Å². The van der Waals surface area contributed by atoms with Crippen molar-refractivity contribution in [1.82, 2.24) is 5.32 Å². The van der Waals surface area contributed by atoms with Gasteiger partial charge in [0.1, 0.15) is 0 Å². The topological polar surface area (TPSA) is 75.7 Å². The van der Waals surface area contributed by atoms with Crippen LogP contribution < -0.4 is 10.2 Å². The summed E-state index contributed by atoms with van der Waals surface area (Å²) in [5.41, 5.74) is 1.05. The fraction of sp³-hybridized carbons (Fsp3) is 0.571. The molecule has 0 unspecified atom stereocenters. The molecule has 1 aromatic carbocycles. The molecule has 1 N–H and O–H groups in total. The van der Waals surface area contributed by atoms with Crippen molar-refractivity contribution in [3.05, 3.63) is 29.8 Å². The highest BCUT2D eigenvalue weighted by Crippen LogP contribution is 2.60. The molecule has 29 heavy (non-hydrogen) atoms. The number of hydrogen-bond donors (Lipinski definition) is 1. The number of imide groups is 1. The molecule has 2 aliphatic heterocycles. The van der Waals surface area contributed by atoms with Crippen LogP contribution >= 0.6 is 31.9 Å². The Hall–Kier alpha value is -1.25. The lowest BCUT2D eigenvalue weighted by Gasteiger charge is -2.28. The summed E-state index contributed by atoms with van der Waals surface area (Å²) in [6, 6.07) is 6.72. The van der Waals surface area contributed by atoms with E-state index < -0.39 is 0 Å². The second-order valence-electron chi connectivity index (χ2n) is 8.41. The molecule has 4 fully saturated rings. The van der Waals surface area contributed by atoms with Crippen LogP contribution in [-0.4, -0.2) is 46.6 Å². The van der Waals surface area contributed by atoms with Gasteiger partial charge in [0.2, 0.25) is 11.8 Å². The number of anilines is 1. The van der Waals surface area contributed by atoms with Gasteiger partial charge in [-0.15, -0.1) is 0 Å². The third kappa shape index (κ3) is 3.10. The van der Waals surface area contributed by atoms with Gasteiger partial charge in [-0.2, -0.15) is 0 Å². The van der Waals surface area contributed by atoms with Crippen LogP contribution in [0.15, 0.2) is 24.3 Å². The molecule has 2 bridgehead atoms. The third-order valence-electron chi connectivity index (χ3n) is 6.89. The van der Waals surface area contributed by atoms with Gasteiger partial charge in [0, 0.05) is 28.4 Å². The van der Waals surface area contributed by atoms with Crippen LogP contribution in [0.5, 0.6) is 0 Å². The minimum atomic E-state index is -0.236. The number of nitrogens with one attached hydrogen (secondary N) is 1. The molecule has 3 amide bonds. The van der Waals surface area contributed by atoms with E-state index in [1.807, 2.05) is 0 Å². The second-order valence-corrected chi connectivity index (χ2v) is 10.5. The van der Waals surface area contributed by atoms with Crippen molar-refractivity contribution in [2.75, 3.05) is 18.1 Å². The number of hydrogen-bond acceptors (Lipinski definition) is 4. The van der Waals surface area contributed by atoms with Gasteiger partial charge >= 0.3 is 0 Å². The summed E-state index contributed by atoms with van der Waals surface area (Å²) in [7, 11) is 0. The predicted molar refractivity (Wildman–Crippen MR) is 114 cm³/mol. The number of fused-ring (bicyclic) bond motifs is 5. The summed E-state index contributed by atoms with van der Waals surface area (Å²) in [6.45, 7) is 1.25. The van der Waals surface area contributed by atoms with Crippen LogP contribution in [0.25, 0.3) is 0 Å². The highest BCUT2D eigenvalue weighted by atomic mass is 79.9. The van der Waals surface area contributed by atoms with Gasteiger partial charge < -0.3 is 10.1 Å². The molecular weight excluding hydrogens is 504 g/mol. The number of ether oxygens (including phenoxy) is 1. The lowest BCUT2D eigenvalue weighted by molar-refractivity contribution is -0.123. The van der Waals surface area contributed by atoms with Gasteiger partial charge in [0.05, 0.1) is 23.6 Å². The molecule has 154 valence electrons. The first-order valence-corrected chi connectivity index (χ1v) is 12.0. The maximum Gasteiger partial charge on any atom is 0.251 e. The molecule has 7 atom stereocenters. The number of amides is 3. The van der Waals surface area contributed by atoms with E-state index in [1.54, 1.807) is 24.3 Å². The fourth-order valence-electron chi connectivity index (χ4n) is 5.48. The minimum absolute atomic E-state index is 0.0874.